The molecule has 0 N–H and O–H groups in total. The molecule has 0 bridgehead atoms. The number of para-hydroxylation sites is 1. The molecule has 2 aromatic rings. The van der Waals surface area contributed by atoms with Gasteiger partial charge in [0.05, 0.1) is 0 Å². The van der Waals surface area contributed by atoms with E-state index in [-0.39, 0.29) is 5.91 Å². The van der Waals surface area contributed by atoms with Crippen LogP contribution in [0.1, 0.15) is 25.0 Å². The molecule has 0 aliphatic carbocycles. The molecule has 0 aromatic heterocycles. The molecule has 1 aliphatic rings. The first kappa shape index (κ1) is 18.2. The van der Waals surface area contributed by atoms with E-state index in [1.54, 1.807) is 6.08 Å². The maximum atomic E-state index is 12.4. The molecule has 3 heteroatoms. The first-order valence-electron chi connectivity index (χ1n) is 9.48. The second-order valence-corrected chi connectivity index (χ2v) is 7.32. The Bertz CT molecular complexity index is 727. The van der Waals surface area contributed by atoms with Crippen LogP contribution in [0.4, 0.5) is 5.69 Å². The predicted octanol–water partition coefficient (Wildman–Crippen LogP) is 4.25. The van der Waals surface area contributed by atoms with Crippen LogP contribution in [0.3, 0.4) is 0 Å². The molecule has 1 saturated heterocycles. The van der Waals surface area contributed by atoms with E-state index < -0.39 is 0 Å². The van der Waals surface area contributed by atoms with Gasteiger partial charge in [-0.3, -0.25) is 4.79 Å². The Hall–Kier alpha value is -2.55. The number of hydrogen-bond acceptors (Lipinski definition) is 2. The molecular formula is C23H28N2O. The summed E-state index contributed by atoms with van der Waals surface area (Å²) in [7, 11) is 0. The lowest BCUT2D eigenvalue weighted by molar-refractivity contribution is -0.126. The second-order valence-electron chi connectivity index (χ2n) is 7.32. The molecule has 0 spiro atoms. The normalized spacial score (nSPS) is 15.0. The van der Waals surface area contributed by atoms with E-state index in [0.717, 1.165) is 38.2 Å². The van der Waals surface area contributed by atoms with Crippen molar-refractivity contribution in [2.75, 3.05) is 31.1 Å². The van der Waals surface area contributed by atoms with Crippen LogP contribution in [-0.2, 0) is 11.2 Å². The number of rotatable bonds is 5. The van der Waals surface area contributed by atoms with Crippen molar-refractivity contribution in [1.29, 1.82) is 0 Å². The topological polar surface area (TPSA) is 23.6 Å². The minimum atomic E-state index is 0.101. The van der Waals surface area contributed by atoms with Crippen LogP contribution in [0, 0.1) is 5.92 Å². The van der Waals surface area contributed by atoms with E-state index in [0.29, 0.717) is 5.92 Å². The minimum absolute atomic E-state index is 0.101. The fourth-order valence-corrected chi connectivity index (χ4v) is 3.33. The zero-order valence-electron chi connectivity index (χ0n) is 15.8. The molecule has 3 nitrogen and oxygen atoms in total. The zero-order valence-corrected chi connectivity index (χ0v) is 15.8. The van der Waals surface area contributed by atoms with Gasteiger partial charge >= 0.3 is 0 Å². The summed E-state index contributed by atoms with van der Waals surface area (Å²) in [5, 5.41) is 0. The summed E-state index contributed by atoms with van der Waals surface area (Å²) >= 11 is 0. The molecule has 2 aromatic carbocycles. The van der Waals surface area contributed by atoms with Crippen molar-refractivity contribution in [1.82, 2.24) is 4.90 Å². The minimum Gasteiger partial charge on any atom is -0.368 e. The molecule has 1 heterocycles. The van der Waals surface area contributed by atoms with Gasteiger partial charge in [-0.1, -0.05) is 56.3 Å². The Morgan fingerprint density at radius 1 is 0.962 bits per heavy atom. The summed E-state index contributed by atoms with van der Waals surface area (Å²) < 4.78 is 0. The monoisotopic (exact) mass is 348 g/mol. The first-order valence-corrected chi connectivity index (χ1v) is 9.48. The highest BCUT2D eigenvalue weighted by Gasteiger charge is 2.19. The van der Waals surface area contributed by atoms with E-state index in [9.17, 15) is 4.79 Å². The lowest BCUT2D eigenvalue weighted by Crippen LogP contribution is -2.48. The van der Waals surface area contributed by atoms with Crippen LogP contribution in [0.2, 0.25) is 0 Å². The Morgan fingerprint density at radius 3 is 2.23 bits per heavy atom. The van der Waals surface area contributed by atoms with Gasteiger partial charge in [-0.25, -0.2) is 0 Å². The molecule has 0 unspecified atom stereocenters. The van der Waals surface area contributed by atoms with Gasteiger partial charge < -0.3 is 9.80 Å². The molecule has 136 valence electrons. The number of benzene rings is 2. The van der Waals surface area contributed by atoms with E-state index in [2.05, 4.69) is 67.3 Å². The van der Waals surface area contributed by atoms with Crippen molar-refractivity contribution in [3.63, 3.8) is 0 Å². The van der Waals surface area contributed by atoms with Crippen LogP contribution in [0.5, 0.6) is 0 Å². The third-order valence-corrected chi connectivity index (χ3v) is 4.75. The molecule has 1 aliphatic heterocycles. The summed E-state index contributed by atoms with van der Waals surface area (Å²) in [6.07, 6.45) is 4.72. The summed E-state index contributed by atoms with van der Waals surface area (Å²) in [4.78, 5) is 16.7. The van der Waals surface area contributed by atoms with Crippen molar-refractivity contribution in [2.45, 2.75) is 20.3 Å². The summed E-state index contributed by atoms with van der Waals surface area (Å²) in [5.41, 5.74) is 3.66. The van der Waals surface area contributed by atoms with Crippen LogP contribution in [0.15, 0.2) is 60.7 Å². The van der Waals surface area contributed by atoms with Gasteiger partial charge in [-0.05, 0) is 41.7 Å². The number of hydrogen-bond donors (Lipinski definition) is 0. The van der Waals surface area contributed by atoms with Crippen molar-refractivity contribution in [3.8, 4) is 0 Å². The highest BCUT2D eigenvalue weighted by atomic mass is 16.2. The van der Waals surface area contributed by atoms with Gasteiger partial charge in [-0.15, -0.1) is 0 Å². The number of nitrogens with zero attached hydrogens (tertiary/aromatic N) is 2. The van der Waals surface area contributed by atoms with Gasteiger partial charge in [-0.2, -0.15) is 0 Å². The van der Waals surface area contributed by atoms with Crippen LogP contribution < -0.4 is 4.90 Å². The predicted molar refractivity (Wildman–Crippen MR) is 109 cm³/mol. The molecule has 1 amide bonds. The van der Waals surface area contributed by atoms with Crippen LogP contribution in [-0.4, -0.2) is 37.0 Å². The van der Waals surface area contributed by atoms with E-state index in [4.69, 9.17) is 0 Å². The van der Waals surface area contributed by atoms with Crippen LogP contribution in [0.25, 0.3) is 6.08 Å². The largest absolute Gasteiger partial charge is 0.368 e. The van der Waals surface area contributed by atoms with E-state index in [1.165, 1.54) is 11.3 Å². The van der Waals surface area contributed by atoms with Crippen molar-refractivity contribution in [3.05, 3.63) is 71.8 Å². The highest BCUT2D eigenvalue weighted by Crippen LogP contribution is 2.16. The smallest absolute Gasteiger partial charge is 0.246 e. The highest BCUT2D eigenvalue weighted by molar-refractivity contribution is 5.92. The third-order valence-electron chi connectivity index (χ3n) is 4.75. The average molecular weight is 348 g/mol. The third kappa shape index (κ3) is 4.98. The van der Waals surface area contributed by atoms with Gasteiger partial charge in [0.2, 0.25) is 5.91 Å². The standard InChI is InChI=1S/C23H28N2O/c1-19(2)18-21-10-8-20(9-11-21)12-13-23(26)25-16-14-24(15-17-25)22-6-4-3-5-7-22/h3-13,19H,14-18H2,1-2H3. The maximum Gasteiger partial charge on any atom is 0.246 e. The van der Waals surface area contributed by atoms with Gasteiger partial charge in [0.1, 0.15) is 0 Å². The van der Waals surface area contributed by atoms with Crippen molar-refractivity contribution in [2.24, 2.45) is 5.92 Å². The fraction of sp³-hybridized carbons (Fsp3) is 0.348. The van der Waals surface area contributed by atoms with Crippen molar-refractivity contribution >= 4 is 17.7 Å². The number of amides is 1. The first-order chi connectivity index (χ1) is 12.6. The average Bonchev–Trinajstić information content (AvgIpc) is 2.67. The molecule has 26 heavy (non-hydrogen) atoms. The zero-order chi connectivity index (χ0) is 18.4. The summed E-state index contributed by atoms with van der Waals surface area (Å²) in [6, 6.07) is 18.9. The lowest BCUT2D eigenvalue weighted by atomic mass is 10.0. The Labute approximate surface area is 156 Å². The van der Waals surface area contributed by atoms with E-state index in [1.807, 2.05) is 17.0 Å². The van der Waals surface area contributed by atoms with E-state index >= 15 is 0 Å². The number of piperazine rings is 1. The molecule has 0 saturated carbocycles. The molecule has 0 atom stereocenters. The molecular weight excluding hydrogens is 320 g/mol. The quantitative estimate of drug-likeness (QED) is 0.754. The number of carbonyl (C=O) groups excluding carboxylic acids is 1. The Balaban J connectivity index is 1.51. The summed E-state index contributed by atoms with van der Waals surface area (Å²) in [6.45, 7) is 7.76. The lowest BCUT2D eigenvalue weighted by Gasteiger charge is -2.35. The molecule has 0 radical (unpaired) electrons. The SMILES string of the molecule is CC(C)Cc1ccc(C=CC(=O)N2CCN(c3ccccc3)CC2)cc1. The Kier molecular flexibility index (Phi) is 6.11. The van der Waals surface area contributed by atoms with Crippen LogP contribution >= 0.6 is 0 Å². The summed E-state index contributed by atoms with van der Waals surface area (Å²) in [5.74, 6) is 0.761. The van der Waals surface area contributed by atoms with Gasteiger partial charge in [0.25, 0.3) is 0 Å². The number of carbonyl (C=O) groups is 1. The van der Waals surface area contributed by atoms with Gasteiger partial charge in [0, 0.05) is 37.9 Å². The molecule has 3 rings (SSSR count). The second kappa shape index (κ2) is 8.70. The Morgan fingerprint density at radius 2 is 1.62 bits per heavy atom. The maximum absolute atomic E-state index is 12.4. The fourth-order valence-electron chi connectivity index (χ4n) is 3.33. The van der Waals surface area contributed by atoms with Crippen molar-refractivity contribution < 1.29 is 4.79 Å². The molecule has 1 fully saturated rings. The number of anilines is 1. The van der Waals surface area contributed by atoms with Gasteiger partial charge in [0.15, 0.2) is 0 Å².